The van der Waals surface area contributed by atoms with Gasteiger partial charge in [0.2, 0.25) is 0 Å². The summed E-state index contributed by atoms with van der Waals surface area (Å²) in [6, 6.07) is 14.3. The standard InChI is InChI=1S/C23H26N4O/c1-16(20-5-3-4-6-22(20)28-14-18-8-9-18)12-25-23-11-21(26-15-27-23)19-10-7-17(2)24-13-19/h3-7,10-11,13,15-16,18H,8-9,12,14H2,1-2H3,(H,25,26,27). The van der Waals surface area contributed by atoms with Crippen molar-refractivity contribution in [3.05, 3.63) is 66.2 Å². The summed E-state index contributed by atoms with van der Waals surface area (Å²) >= 11 is 0. The summed E-state index contributed by atoms with van der Waals surface area (Å²) in [5.41, 5.74) is 4.08. The van der Waals surface area contributed by atoms with Crippen molar-refractivity contribution in [2.45, 2.75) is 32.6 Å². The summed E-state index contributed by atoms with van der Waals surface area (Å²) in [4.78, 5) is 13.1. The van der Waals surface area contributed by atoms with Crippen LogP contribution in [0, 0.1) is 12.8 Å². The number of nitrogens with one attached hydrogen (secondary N) is 1. The average Bonchev–Trinajstić information content (AvgIpc) is 3.56. The molecule has 1 aromatic carbocycles. The Morgan fingerprint density at radius 3 is 2.75 bits per heavy atom. The highest BCUT2D eigenvalue weighted by Gasteiger charge is 2.22. The number of ether oxygens (including phenoxy) is 1. The number of hydrogen-bond acceptors (Lipinski definition) is 5. The Morgan fingerprint density at radius 1 is 1.11 bits per heavy atom. The van der Waals surface area contributed by atoms with Gasteiger partial charge in [-0.05, 0) is 49.4 Å². The summed E-state index contributed by atoms with van der Waals surface area (Å²) in [6.45, 7) is 5.78. The zero-order valence-corrected chi connectivity index (χ0v) is 16.4. The zero-order chi connectivity index (χ0) is 19.3. The van der Waals surface area contributed by atoms with Crippen LogP contribution in [0.25, 0.3) is 11.3 Å². The third kappa shape index (κ3) is 4.66. The van der Waals surface area contributed by atoms with E-state index in [1.54, 1.807) is 6.33 Å². The smallest absolute Gasteiger partial charge is 0.129 e. The topological polar surface area (TPSA) is 59.9 Å². The highest BCUT2D eigenvalue weighted by Crippen LogP contribution is 2.32. The Balaban J connectivity index is 1.41. The molecular weight excluding hydrogens is 348 g/mol. The molecule has 144 valence electrons. The van der Waals surface area contributed by atoms with Crippen LogP contribution in [0.15, 0.2) is 55.0 Å². The highest BCUT2D eigenvalue weighted by atomic mass is 16.5. The first kappa shape index (κ1) is 18.4. The van der Waals surface area contributed by atoms with Gasteiger partial charge < -0.3 is 10.1 Å². The molecule has 28 heavy (non-hydrogen) atoms. The summed E-state index contributed by atoms with van der Waals surface area (Å²) < 4.78 is 6.06. The molecule has 0 saturated heterocycles. The fourth-order valence-corrected chi connectivity index (χ4v) is 3.11. The Kier molecular flexibility index (Phi) is 5.51. The maximum absolute atomic E-state index is 6.06. The number of benzene rings is 1. The van der Waals surface area contributed by atoms with E-state index >= 15 is 0 Å². The Labute approximate surface area is 166 Å². The quantitative estimate of drug-likeness (QED) is 0.611. The number of anilines is 1. The first-order valence-electron chi connectivity index (χ1n) is 9.89. The molecule has 1 N–H and O–H groups in total. The molecule has 1 unspecified atom stereocenters. The lowest BCUT2D eigenvalue weighted by atomic mass is 10.00. The number of aryl methyl sites for hydroxylation is 1. The van der Waals surface area contributed by atoms with Gasteiger partial charge in [-0.3, -0.25) is 4.98 Å². The second-order valence-electron chi connectivity index (χ2n) is 7.55. The number of para-hydroxylation sites is 1. The second kappa shape index (κ2) is 8.38. The second-order valence-corrected chi connectivity index (χ2v) is 7.55. The van der Waals surface area contributed by atoms with Crippen LogP contribution < -0.4 is 10.1 Å². The molecule has 0 aliphatic heterocycles. The van der Waals surface area contributed by atoms with E-state index in [4.69, 9.17) is 4.74 Å². The van der Waals surface area contributed by atoms with Crippen LogP contribution in [0.5, 0.6) is 5.75 Å². The molecule has 2 aromatic heterocycles. The van der Waals surface area contributed by atoms with Crippen LogP contribution in [-0.4, -0.2) is 28.1 Å². The average molecular weight is 374 g/mol. The number of rotatable bonds is 8. The molecule has 1 aliphatic rings. The summed E-state index contributed by atoms with van der Waals surface area (Å²) in [5.74, 6) is 2.86. The summed E-state index contributed by atoms with van der Waals surface area (Å²) in [7, 11) is 0. The van der Waals surface area contributed by atoms with Crippen LogP contribution in [0.1, 0.15) is 36.9 Å². The molecule has 5 nitrogen and oxygen atoms in total. The van der Waals surface area contributed by atoms with Gasteiger partial charge in [0.15, 0.2) is 0 Å². The molecule has 2 heterocycles. The fourth-order valence-electron chi connectivity index (χ4n) is 3.11. The molecule has 4 rings (SSSR count). The van der Waals surface area contributed by atoms with Crippen LogP contribution in [0.2, 0.25) is 0 Å². The molecule has 0 amide bonds. The van der Waals surface area contributed by atoms with E-state index in [-0.39, 0.29) is 0 Å². The minimum atomic E-state index is 0.301. The van der Waals surface area contributed by atoms with Crippen molar-refractivity contribution < 1.29 is 4.74 Å². The van der Waals surface area contributed by atoms with Gasteiger partial charge in [-0.2, -0.15) is 0 Å². The van der Waals surface area contributed by atoms with Gasteiger partial charge in [-0.15, -0.1) is 0 Å². The molecular formula is C23H26N4O. The monoisotopic (exact) mass is 374 g/mol. The summed E-state index contributed by atoms with van der Waals surface area (Å²) in [5, 5.41) is 3.44. The van der Waals surface area contributed by atoms with Gasteiger partial charge in [0.1, 0.15) is 17.9 Å². The van der Waals surface area contributed by atoms with Crippen molar-refractivity contribution in [2.24, 2.45) is 5.92 Å². The Bertz CT molecular complexity index is 922. The van der Waals surface area contributed by atoms with Gasteiger partial charge in [0.05, 0.1) is 12.3 Å². The third-order valence-corrected chi connectivity index (χ3v) is 5.08. The maximum atomic E-state index is 6.06. The van der Waals surface area contributed by atoms with Crippen molar-refractivity contribution in [1.82, 2.24) is 15.0 Å². The molecule has 1 aliphatic carbocycles. The molecule has 3 aromatic rings. The number of pyridine rings is 1. The van der Waals surface area contributed by atoms with E-state index in [0.717, 1.165) is 47.6 Å². The van der Waals surface area contributed by atoms with E-state index in [1.165, 1.54) is 18.4 Å². The minimum Gasteiger partial charge on any atom is -0.493 e. The van der Waals surface area contributed by atoms with E-state index in [2.05, 4.69) is 45.4 Å². The van der Waals surface area contributed by atoms with Crippen LogP contribution in [0.3, 0.4) is 0 Å². The maximum Gasteiger partial charge on any atom is 0.129 e. The van der Waals surface area contributed by atoms with Crippen LogP contribution in [-0.2, 0) is 0 Å². The predicted octanol–water partition coefficient (Wildman–Crippen LogP) is 4.85. The number of nitrogens with zero attached hydrogens (tertiary/aromatic N) is 3. The molecule has 5 heteroatoms. The van der Waals surface area contributed by atoms with Gasteiger partial charge in [0, 0.05) is 36.0 Å². The largest absolute Gasteiger partial charge is 0.493 e. The molecule has 1 saturated carbocycles. The van der Waals surface area contributed by atoms with E-state index in [9.17, 15) is 0 Å². The van der Waals surface area contributed by atoms with E-state index in [1.807, 2.05) is 37.4 Å². The first-order chi connectivity index (χ1) is 13.7. The molecule has 0 radical (unpaired) electrons. The molecule has 1 atom stereocenters. The van der Waals surface area contributed by atoms with Crippen LogP contribution >= 0.6 is 0 Å². The SMILES string of the molecule is Cc1ccc(-c2cc(NCC(C)c3ccccc3OCC3CC3)ncn2)cn1. The normalized spacial score (nSPS) is 14.5. The van der Waals surface area contributed by atoms with Crippen molar-refractivity contribution >= 4 is 5.82 Å². The zero-order valence-electron chi connectivity index (χ0n) is 16.4. The summed E-state index contributed by atoms with van der Waals surface area (Å²) in [6.07, 6.45) is 6.03. The third-order valence-electron chi connectivity index (χ3n) is 5.08. The van der Waals surface area contributed by atoms with Crippen LogP contribution in [0.4, 0.5) is 5.82 Å². The van der Waals surface area contributed by atoms with E-state index < -0.39 is 0 Å². The van der Waals surface area contributed by atoms with E-state index in [0.29, 0.717) is 5.92 Å². The molecule has 0 spiro atoms. The lowest BCUT2D eigenvalue weighted by molar-refractivity contribution is 0.295. The fraction of sp³-hybridized carbons (Fsp3) is 0.348. The van der Waals surface area contributed by atoms with Crippen molar-refractivity contribution in [3.63, 3.8) is 0 Å². The first-order valence-corrected chi connectivity index (χ1v) is 9.89. The van der Waals surface area contributed by atoms with Crippen molar-refractivity contribution in [3.8, 4) is 17.0 Å². The Hall–Kier alpha value is -2.95. The van der Waals surface area contributed by atoms with Gasteiger partial charge >= 0.3 is 0 Å². The lowest BCUT2D eigenvalue weighted by Crippen LogP contribution is -2.12. The van der Waals surface area contributed by atoms with Gasteiger partial charge in [-0.1, -0.05) is 25.1 Å². The number of aromatic nitrogens is 3. The van der Waals surface area contributed by atoms with Crippen molar-refractivity contribution in [1.29, 1.82) is 0 Å². The van der Waals surface area contributed by atoms with Gasteiger partial charge in [-0.25, -0.2) is 9.97 Å². The van der Waals surface area contributed by atoms with Gasteiger partial charge in [0.25, 0.3) is 0 Å². The minimum absolute atomic E-state index is 0.301. The number of hydrogen-bond donors (Lipinski definition) is 1. The molecule has 0 bridgehead atoms. The van der Waals surface area contributed by atoms with Crippen molar-refractivity contribution in [2.75, 3.05) is 18.5 Å². The lowest BCUT2D eigenvalue weighted by Gasteiger charge is -2.18. The predicted molar refractivity (Wildman–Crippen MR) is 112 cm³/mol. The Morgan fingerprint density at radius 2 is 1.96 bits per heavy atom. The molecule has 1 fully saturated rings. The highest BCUT2D eigenvalue weighted by molar-refractivity contribution is 5.61.